The Hall–Kier alpha value is -1.22. The second-order valence-electron chi connectivity index (χ2n) is 3.14. The first-order valence-corrected chi connectivity index (χ1v) is 4.63. The molecule has 4 heteroatoms. The Morgan fingerprint density at radius 3 is 2.50 bits per heavy atom. The number of halogens is 1. The van der Waals surface area contributed by atoms with Crippen molar-refractivity contribution in [3.05, 3.63) is 28.8 Å². The van der Waals surface area contributed by atoms with Gasteiger partial charge in [-0.3, -0.25) is 4.79 Å². The molecule has 0 saturated heterocycles. The molecule has 0 radical (unpaired) electrons. The fraction of sp³-hybridized carbons (Fsp3) is 0.300. The van der Waals surface area contributed by atoms with E-state index in [4.69, 9.17) is 11.6 Å². The summed E-state index contributed by atoms with van der Waals surface area (Å²) in [7, 11) is 5.20. The Bertz CT molecular complexity index is 350. The first-order valence-electron chi connectivity index (χ1n) is 4.25. The molecule has 0 fully saturated rings. The molecule has 0 heterocycles. The lowest BCUT2D eigenvalue weighted by Crippen LogP contribution is -2.21. The second kappa shape index (κ2) is 4.33. The number of hydrogen-bond acceptors (Lipinski definition) is 2. The minimum Gasteiger partial charge on any atom is -0.388 e. The summed E-state index contributed by atoms with van der Waals surface area (Å²) in [5.74, 6) is -0.0855. The minimum absolute atomic E-state index is 0.0855. The Morgan fingerprint density at radius 2 is 2.07 bits per heavy atom. The van der Waals surface area contributed by atoms with E-state index in [1.165, 1.54) is 4.90 Å². The smallest absolute Gasteiger partial charge is 0.254 e. The van der Waals surface area contributed by atoms with Gasteiger partial charge in [0.2, 0.25) is 0 Å². The van der Waals surface area contributed by atoms with Crippen LogP contribution in [0.25, 0.3) is 0 Å². The SMILES string of the molecule is CNc1ccc(C(=O)N(C)C)c(Cl)c1. The largest absolute Gasteiger partial charge is 0.388 e. The number of carbonyl (C=O) groups excluding carboxylic acids is 1. The van der Waals surface area contributed by atoms with E-state index in [0.717, 1.165) is 5.69 Å². The molecule has 1 aromatic carbocycles. The summed E-state index contributed by atoms with van der Waals surface area (Å²) in [4.78, 5) is 13.1. The molecule has 1 aromatic rings. The molecule has 0 saturated carbocycles. The van der Waals surface area contributed by atoms with Crippen molar-refractivity contribution < 1.29 is 4.79 Å². The molecule has 76 valence electrons. The maximum absolute atomic E-state index is 11.6. The molecule has 3 nitrogen and oxygen atoms in total. The molecule has 0 aromatic heterocycles. The number of carbonyl (C=O) groups is 1. The van der Waals surface area contributed by atoms with Crippen molar-refractivity contribution in [3.63, 3.8) is 0 Å². The number of hydrogen-bond donors (Lipinski definition) is 1. The normalized spacial score (nSPS) is 9.71. The fourth-order valence-electron chi connectivity index (χ4n) is 1.08. The van der Waals surface area contributed by atoms with Crippen LogP contribution in [0.1, 0.15) is 10.4 Å². The standard InChI is InChI=1S/C10H13ClN2O/c1-12-7-4-5-8(9(11)6-7)10(14)13(2)3/h4-6,12H,1-3H3. The molecular weight excluding hydrogens is 200 g/mol. The van der Waals surface area contributed by atoms with Crippen LogP contribution in [-0.4, -0.2) is 32.0 Å². The highest BCUT2D eigenvalue weighted by Crippen LogP contribution is 2.21. The van der Waals surface area contributed by atoms with Gasteiger partial charge in [-0.05, 0) is 18.2 Å². The highest BCUT2D eigenvalue weighted by molar-refractivity contribution is 6.34. The number of rotatable bonds is 2. The third-order valence-electron chi connectivity index (χ3n) is 1.89. The Labute approximate surface area is 88.7 Å². The lowest BCUT2D eigenvalue weighted by atomic mass is 10.2. The molecule has 0 bridgehead atoms. The van der Waals surface area contributed by atoms with Gasteiger partial charge in [-0.2, -0.15) is 0 Å². The Kier molecular flexibility index (Phi) is 3.36. The van der Waals surface area contributed by atoms with Crippen LogP contribution in [0.15, 0.2) is 18.2 Å². The van der Waals surface area contributed by atoms with Gasteiger partial charge in [-0.15, -0.1) is 0 Å². The summed E-state index contributed by atoms with van der Waals surface area (Å²) >= 11 is 5.96. The van der Waals surface area contributed by atoms with Crippen LogP contribution in [0.3, 0.4) is 0 Å². The topological polar surface area (TPSA) is 32.3 Å². The van der Waals surface area contributed by atoms with Crippen LogP contribution in [0, 0.1) is 0 Å². The maximum Gasteiger partial charge on any atom is 0.254 e. The van der Waals surface area contributed by atoms with Gasteiger partial charge in [-0.1, -0.05) is 11.6 Å². The van der Waals surface area contributed by atoms with Crippen molar-refractivity contribution in [1.29, 1.82) is 0 Å². The number of amides is 1. The molecule has 0 aliphatic heterocycles. The molecule has 1 amide bonds. The van der Waals surface area contributed by atoms with Gasteiger partial charge in [0.15, 0.2) is 0 Å². The number of nitrogens with zero attached hydrogens (tertiary/aromatic N) is 1. The van der Waals surface area contributed by atoms with E-state index < -0.39 is 0 Å². The summed E-state index contributed by atoms with van der Waals surface area (Å²) in [5.41, 5.74) is 1.42. The van der Waals surface area contributed by atoms with Crippen molar-refractivity contribution >= 4 is 23.2 Å². The first-order chi connectivity index (χ1) is 6.56. The van der Waals surface area contributed by atoms with Gasteiger partial charge in [-0.25, -0.2) is 0 Å². The molecule has 0 unspecified atom stereocenters. The quantitative estimate of drug-likeness (QED) is 0.814. The highest BCUT2D eigenvalue weighted by atomic mass is 35.5. The third kappa shape index (κ3) is 2.17. The summed E-state index contributed by atoms with van der Waals surface area (Å²) < 4.78 is 0. The van der Waals surface area contributed by atoms with E-state index >= 15 is 0 Å². The van der Waals surface area contributed by atoms with E-state index in [9.17, 15) is 4.79 Å². The third-order valence-corrected chi connectivity index (χ3v) is 2.21. The average Bonchev–Trinajstić information content (AvgIpc) is 2.16. The van der Waals surface area contributed by atoms with Crippen molar-refractivity contribution in [2.75, 3.05) is 26.5 Å². The van der Waals surface area contributed by atoms with Gasteiger partial charge in [0.05, 0.1) is 10.6 Å². The monoisotopic (exact) mass is 212 g/mol. The van der Waals surface area contributed by atoms with Gasteiger partial charge in [0.25, 0.3) is 5.91 Å². The molecule has 14 heavy (non-hydrogen) atoms. The van der Waals surface area contributed by atoms with E-state index in [2.05, 4.69) is 5.32 Å². The van der Waals surface area contributed by atoms with Crippen molar-refractivity contribution in [3.8, 4) is 0 Å². The zero-order valence-corrected chi connectivity index (χ0v) is 9.22. The lowest BCUT2D eigenvalue weighted by Gasteiger charge is -2.12. The van der Waals surface area contributed by atoms with E-state index in [-0.39, 0.29) is 5.91 Å². The van der Waals surface area contributed by atoms with Gasteiger partial charge in [0, 0.05) is 26.8 Å². The molecule has 1 N–H and O–H groups in total. The van der Waals surface area contributed by atoms with E-state index in [1.54, 1.807) is 33.3 Å². The number of nitrogens with one attached hydrogen (secondary N) is 1. The van der Waals surface area contributed by atoms with Crippen molar-refractivity contribution in [2.24, 2.45) is 0 Å². The predicted octanol–water partition coefficient (Wildman–Crippen LogP) is 2.08. The van der Waals surface area contributed by atoms with Crippen molar-refractivity contribution in [1.82, 2.24) is 4.90 Å². The molecule has 0 spiro atoms. The highest BCUT2D eigenvalue weighted by Gasteiger charge is 2.11. The molecule has 0 aliphatic carbocycles. The predicted molar refractivity (Wildman–Crippen MR) is 59.0 cm³/mol. The molecule has 0 atom stereocenters. The van der Waals surface area contributed by atoms with Crippen LogP contribution in [0.4, 0.5) is 5.69 Å². The summed E-state index contributed by atoms with van der Waals surface area (Å²) in [6.07, 6.45) is 0. The first kappa shape index (κ1) is 10.9. The van der Waals surface area contributed by atoms with Gasteiger partial charge < -0.3 is 10.2 Å². The lowest BCUT2D eigenvalue weighted by molar-refractivity contribution is 0.0828. The fourth-order valence-corrected chi connectivity index (χ4v) is 1.35. The summed E-state index contributed by atoms with van der Waals surface area (Å²) in [5, 5.41) is 3.42. The van der Waals surface area contributed by atoms with Crippen LogP contribution in [0.5, 0.6) is 0 Å². The van der Waals surface area contributed by atoms with Gasteiger partial charge in [0.1, 0.15) is 0 Å². The van der Waals surface area contributed by atoms with Crippen LogP contribution < -0.4 is 5.32 Å². The summed E-state index contributed by atoms with van der Waals surface area (Å²) in [6.45, 7) is 0. The Morgan fingerprint density at radius 1 is 1.43 bits per heavy atom. The number of benzene rings is 1. The van der Waals surface area contributed by atoms with Crippen LogP contribution in [0.2, 0.25) is 5.02 Å². The van der Waals surface area contributed by atoms with Crippen molar-refractivity contribution in [2.45, 2.75) is 0 Å². The van der Waals surface area contributed by atoms with Crippen LogP contribution in [-0.2, 0) is 0 Å². The molecular formula is C10H13ClN2O. The molecule has 0 aliphatic rings. The van der Waals surface area contributed by atoms with E-state index in [1.807, 2.05) is 6.07 Å². The van der Waals surface area contributed by atoms with Gasteiger partial charge >= 0.3 is 0 Å². The summed E-state index contributed by atoms with van der Waals surface area (Å²) in [6, 6.07) is 5.28. The Balaban J connectivity index is 3.06. The maximum atomic E-state index is 11.6. The second-order valence-corrected chi connectivity index (χ2v) is 3.55. The minimum atomic E-state index is -0.0855. The van der Waals surface area contributed by atoms with Crippen LogP contribution >= 0.6 is 11.6 Å². The molecule has 1 rings (SSSR count). The zero-order chi connectivity index (χ0) is 10.7. The average molecular weight is 213 g/mol. The number of anilines is 1. The zero-order valence-electron chi connectivity index (χ0n) is 8.47. The van der Waals surface area contributed by atoms with E-state index in [0.29, 0.717) is 10.6 Å².